The maximum atomic E-state index is 11.7. The largest absolute Gasteiger partial charge is 0.481 e. The van der Waals surface area contributed by atoms with Gasteiger partial charge in [0.2, 0.25) is 11.8 Å². The maximum Gasteiger partial charge on any atom is 0.303 e. The Morgan fingerprint density at radius 3 is 1.52 bits per heavy atom. The minimum Gasteiger partial charge on any atom is -0.481 e. The molecule has 0 bridgehead atoms. The average Bonchev–Trinajstić information content (AvgIpc) is 2.77. The number of ketones is 1. The highest BCUT2D eigenvalue weighted by Gasteiger charge is 2.03. The Kier molecular flexibility index (Phi) is 21.7. The Balaban J connectivity index is 3.22. The molecular weight excluding hydrogens is 432 g/mol. The molecular formula is C23H42N2O8. The van der Waals surface area contributed by atoms with E-state index in [2.05, 4.69) is 10.6 Å². The lowest BCUT2D eigenvalue weighted by Gasteiger charge is -2.08. The summed E-state index contributed by atoms with van der Waals surface area (Å²) < 4.78 is 16.3. The summed E-state index contributed by atoms with van der Waals surface area (Å²) in [5.74, 6) is -0.853. The van der Waals surface area contributed by atoms with Gasteiger partial charge in [-0.2, -0.15) is 0 Å². The number of rotatable bonds is 24. The van der Waals surface area contributed by atoms with Crippen molar-refractivity contribution in [3.63, 3.8) is 0 Å². The van der Waals surface area contributed by atoms with E-state index in [4.69, 9.17) is 19.3 Å². The predicted octanol–water partition coefficient (Wildman–Crippen LogP) is 1.84. The van der Waals surface area contributed by atoms with E-state index in [0.717, 1.165) is 25.7 Å². The number of carboxylic acid groups (broad SMARTS) is 1. The average molecular weight is 475 g/mol. The van der Waals surface area contributed by atoms with Gasteiger partial charge in [0.05, 0.1) is 26.4 Å². The summed E-state index contributed by atoms with van der Waals surface area (Å²) in [4.78, 5) is 44.3. The van der Waals surface area contributed by atoms with Crippen LogP contribution in [0.4, 0.5) is 0 Å². The van der Waals surface area contributed by atoms with Crippen LogP contribution in [0, 0.1) is 0 Å². The normalized spacial score (nSPS) is 10.7. The number of carbonyl (C=O) groups is 4. The summed E-state index contributed by atoms with van der Waals surface area (Å²) in [6.07, 6.45) is 5.77. The van der Waals surface area contributed by atoms with Crippen LogP contribution in [0.15, 0.2) is 0 Å². The number of aliphatic carboxylic acids is 1. The van der Waals surface area contributed by atoms with Crippen molar-refractivity contribution in [2.75, 3.05) is 52.7 Å². The lowest BCUT2D eigenvalue weighted by molar-refractivity contribution is -0.137. The number of carbonyl (C=O) groups excluding carboxylic acids is 3. The molecule has 0 unspecified atom stereocenters. The number of amides is 2. The van der Waals surface area contributed by atoms with Crippen LogP contribution in [0.1, 0.15) is 71.1 Å². The molecule has 0 saturated carbocycles. The van der Waals surface area contributed by atoms with Crippen molar-refractivity contribution in [2.45, 2.75) is 71.1 Å². The van der Waals surface area contributed by atoms with Crippen LogP contribution in [0.3, 0.4) is 0 Å². The summed E-state index contributed by atoms with van der Waals surface area (Å²) >= 11 is 0. The van der Waals surface area contributed by atoms with E-state index in [9.17, 15) is 19.2 Å². The summed E-state index contributed by atoms with van der Waals surface area (Å²) in [5.41, 5.74) is 0. The molecule has 3 N–H and O–H groups in total. The molecule has 0 heterocycles. The van der Waals surface area contributed by atoms with Crippen LogP contribution in [0.25, 0.3) is 0 Å². The summed E-state index contributed by atoms with van der Waals surface area (Å²) in [7, 11) is 0. The third kappa shape index (κ3) is 26.1. The molecule has 0 aromatic heterocycles. The number of hydrogen-bond acceptors (Lipinski definition) is 7. The Morgan fingerprint density at radius 2 is 1.03 bits per heavy atom. The Labute approximate surface area is 197 Å². The minimum absolute atomic E-state index is 0.0124. The number of hydrogen-bond donors (Lipinski definition) is 3. The summed E-state index contributed by atoms with van der Waals surface area (Å²) in [6, 6.07) is 0. The predicted molar refractivity (Wildman–Crippen MR) is 123 cm³/mol. The summed E-state index contributed by atoms with van der Waals surface area (Å²) in [6.45, 7) is 5.56. The molecule has 0 fully saturated rings. The molecule has 33 heavy (non-hydrogen) atoms. The van der Waals surface area contributed by atoms with E-state index in [1.165, 1.54) is 6.92 Å². The van der Waals surface area contributed by atoms with Crippen LogP contribution in [-0.2, 0) is 33.4 Å². The quantitative estimate of drug-likeness (QED) is 0.180. The zero-order valence-corrected chi connectivity index (χ0v) is 20.0. The highest BCUT2D eigenvalue weighted by molar-refractivity contribution is 5.83. The molecule has 0 aliphatic heterocycles. The number of Topliss-reactive ketones (excluding diaryl/α,β-unsaturated/α-hetero) is 1. The fourth-order valence-electron chi connectivity index (χ4n) is 2.73. The fraction of sp³-hybridized carbons (Fsp3) is 0.826. The van der Waals surface area contributed by atoms with Gasteiger partial charge >= 0.3 is 5.97 Å². The molecule has 0 atom stereocenters. The number of carboxylic acids is 1. The number of ether oxygens (including phenoxy) is 3. The summed E-state index contributed by atoms with van der Waals surface area (Å²) in [5, 5.41) is 14.1. The highest BCUT2D eigenvalue weighted by atomic mass is 16.5. The molecule has 10 heteroatoms. The van der Waals surface area contributed by atoms with E-state index in [-0.39, 0.29) is 36.9 Å². The van der Waals surface area contributed by atoms with Gasteiger partial charge in [0.1, 0.15) is 5.78 Å². The van der Waals surface area contributed by atoms with Crippen LogP contribution in [0.2, 0.25) is 0 Å². The Morgan fingerprint density at radius 1 is 0.576 bits per heavy atom. The number of unbranched alkanes of at least 4 members (excludes halogenated alkanes) is 3. The highest BCUT2D eigenvalue weighted by Crippen LogP contribution is 2.05. The molecule has 0 aliphatic rings. The van der Waals surface area contributed by atoms with Gasteiger partial charge in [-0.25, -0.2) is 0 Å². The smallest absolute Gasteiger partial charge is 0.303 e. The molecule has 0 saturated heterocycles. The van der Waals surface area contributed by atoms with Crippen LogP contribution >= 0.6 is 0 Å². The Hall–Kier alpha value is -2.04. The molecule has 2 amide bonds. The first kappa shape index (κ1) is 31.0. The van der Waals surface area contributed by atoms with Crippen molar-refractivity contribution in [1.29, 1.82) is 0 Å². The molecule has 0 aliphatic carbocycles. The monoisotopic (exact) mass is 474 g/mol. The minimum atomic E-state index is -0.773. The van der Waals surface area contributed by atoms with Gasteiger partial charge in [0.25, 0.3) is 0 Å². The second-order valence-corrected chi connectivity index (χ2v) is 7.75. The Bertz CT molecular complexity index is 543. The van der Waals surface area contributed by atoms with Crippen LogP contribution in [0.5, 0.6) is 0 Å². The fourth-order valence-corrected chi connectivity index (χ4v) is 2.73. The topological polar surface area (TPSA) is 140 Å². The van der Waals surface area contributed by atoms with Gasteiger partial charge in [0, 0.05) is 52.0 Å². The zero-order chi connectivity index (χ0) is 24.6. The first-order chi connectivity index (χ1) is 15.9. The SMILES string of the molecule is CC(=O)CCC(=O)NCCCOCCOCCOCCCNC(=O)CCCCCCC(=O)O. The van der Waals surface area contributed by atoms with Gasteiger partial charge in [-0.1, -0.05) is 12.8 Å². The molecule has 0 radical (unpaired) electrons. The first-order valence-corrected chi connectivity index (χ1v) is 11.9. The van der Waals surface area contributed by atoms with Gasteiger partial charge < -0.3 is 34.7 Å². The lowest BCUT2D eigenvalue weighted by atomic mass is 10.1. The third-order valence-electron chi connectivity index (χ3n) is 4.57. The van der Waals surface area contributed by atoms with E-state index in [1.807, 2.05) is 0 Å². The second-order valence-electron chi connectivity index (χ2n) is 7.75. The van der Waals surface area contributed by atoms with Crippen molar-refractivity contribution in [3.05, 3.63) is 0 Å². The van der Waals surface area contributed by atoms with E-state index >= 15 is 0 Å². The molecule has 0 aromatic carbocycles. The van der Waals surface area contributed by atoms with Crippen molar-refractivity contribution < 1.29 is 38.5 Å². The second kappa shape index (κ2) is 23.1. The number of nitrogens with one attached hydrogen (secondary N) is 2. The van der Waals surface area contributed by atoms with E-state index < -0.39 is 5.97 Å². The molecule has 0 rings (SSSR count). The van der Waals surface area contributed by atoms with Gasteiger partial charge in [0.15, 0.2) is 0 Å². The molecule has 0 spiro atoms. The third-order valence-corrected chi connectivity index (χ3v) is 4.57. The van der Waals surface area contributed by atoms with Gasteiger partial charge in [-0.3, -0.25) is 14.4 Å². The lowest BCUT2D eigenvalue weighted by Crippen LogP contribution is -2.25. The van der Waals surface area contributed by atoms with E-state index in [0.29, 0.717) is 72.0 Å². The standard InChI is InChI=1S/C23H42N2O8/c1-20(26)10-11-22(28)25-13-7-15-32-17-19-33-18-16-31-14-6-12-24-21(27)8-4-2-3-5-9-23(29)30/h2-19H2,1H3,(H,24,27)(H,25,28)(H,29,30). The first-order valence-electron chi connectivity index (χ1n) is 11.9. The van der Waals surface area contributed by atoms with Crippen LogP contribution in [-0.4, -0.2) is 81.4 Å². The zero-order valence-electron chi connectivity index (χ0n) is 20.0. The molecule has 10 nitrogen and oxygen atoms in total. The van der Waals surface area contributed by atoms with Crippen LogP contribution < -0.4 is 10.6 Å². The van der Waals surface area contributed by atoms with Gasteiger partial charge in [-0.15, -0.1) is 0 Å². The maximum absolute atomic E-state index is 11.7. The van der Waals surface area contributed by atoms with Crippen molar-refractivity contribution in [3.8, 4) is 0 Å². The molecule has 192 valence electrons. The van der Waals surface area contributed by atoms with Gasteiger partial charge in [-0.05, 0) is 32.6 Å². The van der Waals surface area contributed by atoms with Crippen molar-refractivity contribution >= 4 is 23.6 Å². The van der Waals surface area contributed by atoms with Crippen molar-refractivity contribution in [1.82, 2.24) is 10.6 Å². The molecule has 0 aromatic rings. The van der Waals surface area contributed by atoms with E-state index in [1.54, 1.807) is 0 Å². The van der Waals surface area contributed by atoms with Crippen molar-refractivity contribution in [2.24, 2.45) is 0 Å².